The molecule has 1 heterocycles. The summed E-state index contributed by atoms with van der Waals surface area (Å²) in [4.78, 5) is 37.9. The van der Waals surface area contributed by atoms with Crippen LogP contribution in [0.25, 0.3) is 0 Å². The zero-order valence-electron chi connectivity index (χ0n) is 13.1. The van der Waals surface area contributed by atoms with Crippen molar-refractivity contribution in [1.29, 1.82) is 5.26 Å². The molecule has 0 aromatic heterocycles. The van der Waals surface area contributed by atoms with E-state index < -0.39 is 5.91 Å². The first-order chi connectivity index (χ1) is 11.6. The SMILES string of the molecule is N#CCc1ccc(NC(=O)CN2C(=O)[C@H]3CC=CC[C@@H]3C2=O)cc1. The molecular weight excluding hydrogens is 306 g/mol. The lowest BCUT2D eigenvalue weighted by molar-refractivity contribution is -0.142. The number of allylic oxidation sites excluding steroid dienone is 2. The molecule has 1 fully saturated rings. The van der Waals surface area contributed by atoms with E-state index >= 15 is 0 Å². The number of hydrogen-bond acceptors (Lipinski definition) is 4. The van der Waals surface area contributed by atoms with Gasteiger partial charge in [-0.3, -0.25) is 19.3 Å². The zero-order valence-corrected chi connectivity index (χ0v) is 13.1. The molecule has 1 aliphatic heterocycles. The summed E-state index contributed by atoms with van der Waals surface area (Å²) in [7, 11) is 0. The van der Waals surface area contributed by atoms with Crippen LogP contribution in [0.2, 0.25) is 0 Å². The molecular formula is C18H17N3O3. The van der Waals surface area contributed by atoms with Crippen LogP contribution in [0.3, 0.4) is 0 Å². The fourth-order valence-electron chi connectivity index (χ4n) is 3.17. The number of hydrogen-bond donors (Lipinski definition) is 1. The summed E-state index contributed by atoms with van der Waals surface area (Å²) in [6, 6.07) is 8.96. The predicted molar refractivity (Wildman–Crippen MR) is 86.5 cm³/mol. The molecule has 2 atom stereocenters. The largest absolute Gasteiger partial charge is 0.325 e. The van der Waals surface area contributed by atoms with Crippen molar-refractivity contribution in [2.45, 2.75) is 19.3 Å². The summed E-state index contributed by atoms with van der Waals surface area (Å²) in [5, 5.41) is 11.3. The molecule has 6 heteroatoms. The van der Waals surface area contributed by atoms with E-state index in [9.17, 15) is 14.4 Å². The van der Waals surface area contributed by atoms with Crippen LogP contribution in [0, 0.1) is 23.2 Å². The second-order valence-corrected chi connectivity index (χ2v) is 6.00. The molecule has 0 saturated carbocycles. The molecule has 1 aromatic rings. The molecule has 122 valence electrons. The summed E-state index contributed by atoms with van der Waals surface area (Å²) >= 11 is 0. The van der Waals surface area contributed by atoms with Gasteiger partial charge in [-0.2, -0.15) is 5.26 Å². The third-order valence-corrected chi connectivity index (χ3v) is 4.42. The minimum atomic E-state index is -0.406. The average Bonchev–Trinajstić information content (AvgIpc) is 2.82. The molecule has 0 unspecified atom stereocenters. The first kappa shape index (κ1) is 15.9. The highest BCUT2D eigenvalue weighted by molar-refractivity contribution is 6.08. The minimum absolute atomic E-state index is 0.256. The Morgan fingerprint density at radius 3 is 2.25 bits per heavy atom. The van der Waals surface area contributed by atoms with Crippen LogP contribution in [-0.2, 0) is 20.8 Å². The number of fused-ring (bicyclic) bond motifs is 1. The van der Waals surface area contributed by atoms with Gasteiger partial charge in [0.05, 0.1) is 24.3 Å². The highest BCUT2D eigenvalue weighted by Gasteiger charge is 2.47. The normalized spacial score (nSPS) is 22.2. The van der Waals surface area contributed by atoms with E-state index in [2.05, 4.69) is 11.4 Å². The Morgan fingerprint density at radius 1 is 1.12 bits per heavy atom. The molecule has 2 aliphatic rings. The van der Waals surface area contributed by atoms with Gasteiger partial charge < -0.3 is 5.32 Å². The third kappa shape index (κ3) is 3.06. The molecule has 6 nitrogen and oxygen atoms in total. The van der Waals surface area contributed by atoms with Gasteiger partial charge in [0.15, 0.2) is 0 Å². The van der Waals surface area contributed by atoms with Gasteiger partial charge in [-0.15, -0.1) is 0 Å². The van der Waals surface area contributed by atoms with E-state index in [0.717, 1.165) is 10.5 Å². The lowest BCUT2D eigenvalue weighted by Crippen LogP contribution is -2.38. The molecule has 0 radical (unpaired) electrons. The number of anilines is 1. The molecule has 0 spiro atoms. The number of nitriles is 1. The topological polar surface area (TPSA) is 90.3 Å². The van der Waals surface area contributed by atoms with Gasteiger partial charge in [0.25, 0.3) is 0 Å². The van der Waals surface area contributed by atoms with Gasteiger partial charge in [0.2, 0.25) is 17.7 Å². The van der Waals surface area contributed by atoms with Crippen molar-refractivity contribution in [2.24, 2.45) is 11.8 Å². The van der Waals surface area contributed by atoms with Gasteiger partial charge >= 0.3 is 0 Å². The molecule has 24 heavy (non-hydrogen) atoms. The fourth-order valence-corrected chi connectivity index (χ4v) is 3.17. The van der Waals surface area contributed by atoms with E-state index in [1.165, 1.54) is 0 Å². The molecule has 1 N–H and O–H groups in total. The lowest BCUT2D eigenvalue weighted by atomic mass is 9.85. The second kappa shape index (κ2) is 6.67. The highest BCUT2D eigenvalue weighted by atomic mass is 16.2. The van der Waals surface area contributed by atoms with Gasteiger partial charge in [-0.1, -0.05) is 24.3 Å². The molecule has 0 bridgehead atoms. The summed E-state index contributed by atoms with van der Waals surface area (Å²) in [5.41, 5.74) is 1.43. The van der Waals surface area contributed by atoms with E-state index in [0.29, 0.717) is 24.9 Å². The number of likely N-dealkylation sites (tertiary alicyclic amines) is 1. The molecule has 1 aromatic carbocycles. The van der Waals surface area contributed by atoms with Gasteiger partial charge in [-0.05, 0) is 30.5 Å². The van der Waals surface area contributed by atoms with Crippen molar-refractivity contribution in [3.8, 4) is 6.07 Å². The molecule has 1 aliphatic carbocycles. The van der Waals surface area contributed by atoms with Crippen LogP contribution in [0.1, 0.15) is 18.4 Å². The van der Waals surface area contributed by atoms with E-state index in [1.54, 1.807) is 24.3 Å². The third-order valence-electron chi connectivity index (χ3n) is 4.42. The number of imide groups is 1. The fraction of sp³-hybridized carbons (Fsp3) is 0.333. The molecule has 1 saturated heterocycles. The standard InChI is InChI=1S/C18H17N3O3/c19-10-9-12-5-7-13(8-6-12)20-16(22)11-21-17(23)14-3-1-2-4-15(14)18(21)24/h1-2,5-8,14-15H,3-4,9,11H2,(H,20,22)/t14-,15-/m0/s1. The predicted octanol–water partition coefficient (Wildman–Crippen LogP) is 1.64. The van der Waals surface area contributed by atoms with Crippen molar-refractivity contribution in [3.63, 3.8) is 0 Å². The van der Waals surface area contributed by atoms with Gasteiger partial charge in [-0.25, -0.2) is 0 Å². The highest BCUT2D eigenvalue weighted by Crippen LogP contribution is 2.34. The number of nitrogens with zero attached hydrogens (tertiary/aromatic N) is 2. The number of nitrogens with one attached hydrogen (secondary N) is 1. The lowest BCUT2D eigenvalue weighted by Gasteiger charge is -2.14. The van der Waals surface area contributed by atoms with Crippen LogP contribution in [0.4, 0.5) is 5.69 Å². The molecule has 3 amide bonds. The maximum absolute atomic E-state index is 12.3. The van der Waals surface area contributed by atoms with Crippen LogP contribution in [0.5, 0.6) is 0 Å². The summed E-state index contributed by atoms with van der Waals surface area (Å²) < 4.78 is 0. The first-order valence-electron chi connectivity index (χ1n) is 7.86. The second-order valence-electron chi connectivity index (χ2n) is 6.00. The Morgan fingerprint density at radius 2 is 1.71 bits per heavy atom. The van der Waals surface area contributed by atoms with Crippen molar-refractivity contribution in [3.05, 3.63) is 42.0 Å². The van der Waals surface area contributed by atoms with E-state index in [-0.39, 0.29) is 30.2 Å². The quantitative estimate of drug-likeness (QED) is 0.674. The summed E-state index contributed by atoms with van der Waals surface area (Å²) in [6.07, 6.45) is 5.26. The number of benzene rings is 1. The van der Waals surface area contributed by atoms with Crippen LogP contribution in [-0.4, -0.2) is 29.2 Å². The monoisotopic (exact) mass is 323 g/mol. The first-order valence-corrected chi connectivity index (χ1v) is 7.86. The van der Waals surface area contributed by atoms with Gasteiger partial charge in [0.1, 0.15) is 6.54 Å². The Bertz CT molecular complexity index is 720. The number of rotatable bonds is 4. The Labute approximate surface area is 139 Å². The maximum atomic E-state index is 12.3. The minimum Gasteiger partial charge on any atom is -0.325 e. The number of amides is 3. The van der Waals surface area contributed by atoms with E-state index in [4.69, 9.17) is 5.26 Å². The smallest absolute Gasteiger partial charge is 0.244 e. The van der Waals surface area contributed by atoms with Gasteiger partial charge in [0, 0.05) is 5.69 Å². The Balaban J connectivity index is 1.62. The van der Waals surface area contributed by atoms with E-state index in [1.807, 2.05) is 12.2 Å². The van der Waals surface area contributed by atoms with Crippen molar-refractivity contribution in [2.75, 3.05) is 11.9 Å². The Hall–Kier alpha value is -2.94. The summed E-state index contributed by atoms with van der Waals surface area (Å²) in [6.45, 7) is -0.259. The van der Waals surface area contributed by atoms with Crippen LogP contribution >= 0.6 is 0 Å². The van der Waals surface area contributed by atoms with Crippen LogP contribution in [0.15, 0.2) is 36.4 Å². The van der Waals surface area contributed by atoms with Crippen molar-refractivity contribution >= 4 is 23.4 Å². The van der Waals surface area contributed by atoms with Crippen molar-refractivity contribution < 1.29 is 14.4 Å². The Kier molecular flexibility index (Phi) is 4.43. The zero-order chi connectivity index (χ0) is 17.1. The maximum Gasteiger partial charge on any atom is 0.244 e. The summed E-state index contributed by atoms with van der Waals surface area (Å²) in [5.74, 6) is -1.56. The molecule has 3 rings (SSSR count). The average molecular weight is 323 g/mol. The van der Waals surface area contributed by atoms with Crippen LogP contribution < -0.4 is 5.32 Å². The van der Waals surface area contributed by atoms with Crippen molar-refractivity contribution in [1.82, 2.24) is 4.90 Å². The number of carbonyl (C=O) groups is 3. The number of carbonyl (C=O) groups excluding carboxylic acids is 3.